The highest BCUT2D eigenvalue weighted by atomic mass is 32.1. The van der Waals surface area contributed by atoms with E-state index < -0.39 is 0 Å². The fourth-order valence-corrected chi connectivity index (χ4v) is 9.77. The van der Waals surface area contributed by atoms with E-state index in [1.807, 2.05) is 78.1 Å². The van der Waals surface area contributed by atoms with Crippen LogP contribution < -0.4 is 0 Å². The number of nitrogens with zero attached hydrogens (tertiary/aromatic N) is 4. The lowest BCUT2D eigenvalue weighted by molar-refractivity contribution is 0.669. The molecule has 0 fully saturated rings. The molecule has 0 aliphatic heterocycles. The van der Waals surface area contributed by atoms with Crippen LogP contribution in [0.3, 0.4) is 0 Å². The van der Waals surface area contributed by atoms with Crippen LogP contribution in [0.2, 0.25) is 0 Å². The molecule has 12 aromatic rings. The number of benzene rings is 8. The van der Waals surface area contributed by atoms with Crippen LogP contribution in [0.4, 0.5) is 0 Å². The van der Waals surface area contributed by atoms with Crippen molar-refractivity contribution < 1.29 is 4.42 Å². The Labute approximate surface area is 330 Å². The second-order valence-corrected chi connectivity index (χ2v) is 15.4. The summed E-state index contributed by atoms with van der Waals surface area (Å²) >= 11 is 1.84. The summed E-state index contributed by atoms with van der Waals surface area (Å²) in [5.74, 6) is 1.79. The Balaban J connectivity index is 1.11. The first-order valence-electron chi connectivity index (χ1n) is 19.0. The van der Waals surface area contributed by atoms with Crippen molar-refractivity contribution in [1.82, 2.24) is 19.5 Å². The Morgan fingerprint density at radius 1 is 0.386 bits per heavy atom. The first kappa shape index (κ1) is 31.9. The van der Waals surface area contributed by atoms with Gasteiger partial charge in [-0.05, 0) is 53.6 Å². The van der Waals surface area contributed by atoms with Gasteiger partial charge in [-0.3, -0.25) is 0 Å². The molecule has 0 bridgehead atoms. The molecule has 0 saturated carbocycles. The van der Waals surface area contributed by atoms with Gasteiger partial charge in [0.1, 0.15) is 11.2 Å². The molecular formula is C51H30N4OS. The van der Waals surface area contributed by atoms with Gasteiger partial charge in [0.15, 0.2) is 17.5 Å². The van der Waals surface area contributed by atoms with Gasteiger partial charge < -0.3 is 8.98 Å². The van der Waals surface area contributed by atoms with Crippen molar-refractivity contribution in [1.29, 1.82) is 0 Å². The third-order valence-electron chi connectivity index (χ3n) is 11.1. The Bertz CT molecular complexity index is 3420. The molecule has 0 aliphatic carbocycles. The summed E-state index contributed by atoms with van der Waals surface area (Å²) < 4.78 is 11.8. The Hall–Kier alpha value is -7.41. The third kappa shape index (κ3) is 4.91. The van der Waals surface area contributed by atoms with Gasteiger partial charge in [-0.15, -0.1) is 11.3 Å². The average Bonchev–Trinajstić information content (AvgIpc) is 3.97. The number of hydrogen-bond donors (Lipinski definition) is 0. The highest BCUT2D eigenvalue weighted by molar-refractivity contribution is 7.26. The zero-order valence-electron chi connectivity index (χ0n) is 30.4. The summed E-state index contributed by atoms with van der Waals surface area (Å²) in [4.78, 5) is 15.1. The fraction of sp³-hybridized carbons (Fsp3) is 0. The maximum Gasteiger partial charge on any atom is 0.167 e. The Kier molecular flexibility index (Phi) is 7.03. The summed E-state index contributed by atoms with van der Waals surface area (Å²) in [6.45, 7) is 0. The molecule has 8 aromatic carbocycles. The summed E-state index contributed by atoms with van der Waals surface area (Å²) in [5, 5.41) is 7.07. The number of para-hydroxylation sites is 3. The molecule has 6 heteroatoms. The molecule has 4 heterocycles. The second-order valence-electron chi connectivity index (χ2n) is 14.3. The van der Waals surface area contributed by atoms with E-state index in [4.69, 9.17) is 19.4 Å². The molecule has 0 aliphatic rings. The van der Waals surface area contributed by atoms with E-state index in [1.165, 1.54) is 53.2 Å². The van der Waals surface area contributed by atoms with Crippen LogP contribution in [0, 0.1) is 0 Å². The molecule has 4 aromatic heterocycles. The van der Waals surface area contributed by atoms with Gasteiger partial charge in [0, 0.05) is 52.8 Å². The van der Waals surface area contributed by atoms with Gasteiger partial charge in [-0.25, -0.2) is 15.0 Å². The molecule has 0 spiro atoms. The van der Waals surface area contributed by atoms with E-state index in [0.717, 1.165) is 44.2 Å². The molecule has 5 nitrogen and oxygen atoms in total. The zero-order valence-corrected chi connectivity index (χ0v) is 31.2. The minimum atomic E-state index is 0.565. The molecule has 12 rings (SSSR count). The van der Waals surface area contributed by atoms with E-state index >= 15 is 0 Å². The smallest absolute Gasteiger partial charge is 0.167 e. The van der Waals surface area contributed by atoms with Crippen LogP contribution in [0.15, 0.2) is 186 Å². The van der Waals surface area contributed by atoms with Crippen LogP contribution in [-0.4, -0.2) is 19.5 Å². The van der Waals surface area contributed by atoms with Crippen LogP contribution in [-0.2, 0) is 0 Å². The maximum atomic E-state index is 6.85. The lowest BCUT2D eigenvalue weighted by Gasteiger charge is -2.12. The van der Waals surface area contributed by atoms with Crippen molar-refractivity contribution in [2.45, 2.75) is 0 Å². The van der Waals surface area contributed by atoms with E-state index in [9.17, 15) is 0 Å². The molecule has 57 heavy (non-hydrogen) atoms. The van der Waals surface area contributed by atoms with Gasteiger partial charge in [-0.1, -0.05) is 140 Å². The molecule has 0 N–H and O–H groups in total. The zero-order chi connectivity index (χ0) is 37.5. The van der Waals surface area contributed by atoms with Crippen molar-refractivity contribution in [3.05, 3.63) is 182 Å². The van der Waals surface area contributed by atoms with Crippen molar-refractivity contribution in [3.63, 3.8) is 0 Å². The van der Waals surface area contributed by atoms with E-state index in [0.29, 0.717) is 17.5 Å². The van der Waals surface area contributed by atoms with E-state index in [-0.39, 0.29) is 0 Å². The van der Waals surface area contributed by atoms with E-state index in [2.05, 4.69) is 120 Å². The number of hydrogen-bond acceptors (Lipinski definition) is 5. The van der Waals surface area contributed by atoms with Crippen LogP contribution in [0.25, 0.3) is 115 Å². The molecule has 0 amide bonds. The number of furan rings is 1. The van der Waals surface area contributed by atoms with Gasteiger partial charge >= 0.3 is 0 Å². The fourth-order valence-electron chi connectivity index (χ4n) is 8.62. The van der Waals surface area contributed by atoms with Gasteiger partial charge in [0.25, 0.3) is 0 Å². The molecule has 0 atom stereocenters. The Morgan fingerprint density at radius 2 is 0.895 bits per heavy atom. The van der Waals surface area contributed by atoms with Crippen LogP contribution in [0.5, 0.6) is 0 Å². The van der Waals surface area contributed by atoms with Crippen LogP contribution in [0.1, 0.15) is 0 Å². The normalized spacial score (nSPS) is 11.9. The number of rotatable bonds is 5. The minimum Gasteiger partial charge on any atom is -0.455 e. The number of thiophene rings is 1. The third-order valence-corrected chi connectivity index (χ3v) is 12.2. The highest BCUT2D eigenvalue weighted by Crippen LogP contribution is 2.47. The van der Waals surface area contributed by atoms with Crippen molar-refractivity contribution in [2.24, 2.45) is 0 Å². The second kappa shape index (κ2) is 12.6. The van der Waals surface area contributed by atoms with Crippen molar-refractivity contribution >= 4 is 75.3 Å². The van der Waals surface area contributed by atoms with E-state index in [1.54, 1.807) is 0 Å². The van der Waals surface area contributed by atoms with Crippen molar-refractivity contribution in [2.75, 3.05) is 0 Å². The first-order valence-corrected chi connectivity index (χ1v) is 19.8. The summed E-state index contributed by atoms with van der Waals surface area (Å²) in [6, 6.07) is 63.7. The molecule has 0 unspecified atom stereocenters. The Morgan fingerprint density at radius 3 is 1.58 bits per heavy atom. The standard InChI is InChI=1S/C51H30N4OS/c1-3-15-31(16-4-1)49-52-50(32-17-5-2-6-18-32)54-51(53-49)38-24-11-23-37-45-35(21-12-28-42(45)56-48(37)38)36-22-13-29-43-46(36)47-41(27-14-30-44(47)57-43)55-39-25-9-7-19-33(39)34-20-8-10-26-40(34)55/h1-30H. The molecule has 0 saturated heterocycles. The largest absolute Gasteiger partial charge is 0.455 e. The first-order chi connectivity index (χ1) is 28.3. The SMILES string of the molecule is c1ccc(-c2nc(-c3ccccc3)nc(-c3cccc4c3oc3cccc(-c5cccc6sc7cccc(-n8c9ccccc9c9ccccc98)c7c56)c34)n2)cc1. The number of aromatic nitrogens is 4. The van der Waals surface area contributed by atoms with Crippen molar-refractivity contribution in [3.8, 4) is 51.0 Å². The molecular weight excluding hydrogens is 717 g/mol. The average molecular weight is 747 g/mol. The summed E-state index contributed by atoms with van der Waals surface area (Å²) in [5.41, 5.74) is 10.1. The van der Waals surface area contributed by atoms with Gasteiger partial charge in [-0.2, -0.15) is 0 Å². The minimum absolute atomic E-state index is 0.565. The predicted molar refractivity (Wildman–Crippen MR) is 236 cm³/mol. The summed E-state index contributed by atoms with van der Waals surface area (Å²) in [6.07, 6.45) is 0. The molecule has 0 radical (unpaired) electrons. The quantitative estimate of drug-likeness (QED) is 0.176. The molecule has 266 valence electrons. The van der Waals surface area contributed by atoms with Gasteiger partial charge in [0.2, 0.25) is 0 Å². The summed E-state index contributed by atoms with van der Waals surface area (Å²) in [7, 11) is 0. The predicted octanol–water partition coefficient (Wildman–Crippen LogP) is 13.9. The highest BCUT2D eigenvalue weighted by Gasteiger charge is 2.23. The monoisotopic (exact) mass is 746 g/mol. The number of fused-ring (bicyclic) bond motifs is 9. The van der Waals surface area contributed by atoms with Gasteiger partial charge in [0.05, 0.1) is 22.3 Å². The maximum absolute atomic E-state index is 6.85. The topological polar surface area (TPSA) is 56.7 Å². The lowest BCUT2D eigenvalue weighted by atomic mass is 9.94. The lowest BCUT2D eigenvalue weighted by Crippen LogP contribution is -2.00. The van der Waals surface area contributed by atoms with Crippen LogP contribution >= 0.6 is 11.3 Å².